The zero-order valence-corrected chi connectivity index (χ0v) is 17.9. The number of nitrogens with one attached hydrogen (secondary N) is 2. The van der Waals surface area contributed by atoms with E-state index in [2.05, 4.69) is 20.8 Å². The van der Waals surface area contributed by atoms with E-state index in [-0.39, 0.29) is 17.3 Å². The summed E-state index contributed by atoms with van der Waals surface area (Å²) in [6, 6.07) is 10.4. The summed E-state index contributed by atoms with van der Waals surface area (Å²) in [5, 5.41) is 9.31. The van der Waals surface area contributed by atoms with Crippen molar-refractivity contribution in [2.75, 3.05) is 0 Å². The summed E-state index contributed by atoms with van der Waals surface area (Å²) >= 11 is 0. The van der Waals surface area contributed by atoms with Gasteiger partial charge in [0.05, 0.1) is 22.3 Å². The third-order valence-electron chi connectivity index (χ3n) is 5.49. The number of carbonyl (C=O) groups is 3. The number of rotatable bonds is 5. The number of carbonyl (C=O) groups excluding carboxylic acids is 3. The van der Waals surface area contributed by atoms with Crippen molar-refractivity contribution in [3.05, 3.63) is 47.7 Å². The summed E-state index contributed by atoms with van der Waals surface area (Å²) in [5.74, 6) is -1.44. The predicted molar refractivity (Wildman–Crippen MR) is 116 cm³/mol. The number of fused-ring (bicyclic) bond motifs is 1. The number of hydrogen-bond acceptors (Lipinski definition) is 7. The number of amides is 3. The summed E-state index contributed by atoms with van der Waals surface area (Å²) in [7, 11) is 0. The fourth-order valence-electron chi connectivity index (χ4n) is 3.80. The lowest BCUT2D eigenvalue weighted by Crippen LogP contribution is -2.47. The lowest BCUT2D eigenvalue weighted by Gasteiger charge is -2.16. The molecule has 1 atom stereocenters. The summed E-state index contributed by atoms with van der Waals surface area (Å²) in [5.41, 5.74) is 2.15. The molecule has 2 N–H and O–H groups in total. The summed E-state index contributed by atoms with van der Waals surface area (Å²) in [6.07, 6.45) is 2.72. The molecule has 1 aliphatic carbocycles. The number of hydrogen-bond donors (Lipinski definition) is 2. The zero-order chi connectivity index (χ0) is 22.7. The quantitative estimate of drug-likeness (QED) is 0.587. The van der Waals surface area contributed by atoms with Crippen LogP contribution in [0.25, 0.3) is 22.4 Å². The number of benzene rings is 1. The van der Waals surface area contributed by atoms with Gasteiger partial charge in [-0.2, -0.15) is 0 Å². The number of imide groups is 1. The Labute approximate surface area is 184 Å². The predicted octanol–water partition coefficient (Wildman–Crippen LogP) is 3.51. The minimum atomic E-state index is -1.18. The molecule has 32 heavy (non-hydrogen) atoms. The molecule has 9 heteroatoms. The van der Waals surface area contributed by atoms with Crippen molar-refractivity contribution in [3.63, 3.8) is 0 Å². The lowest BCUT2D eigenvalue weighted by molar-refractivity contribution is -0.127. The topological polar surface area (TPSA) is 123 Å². The zero-order valence-electron chi connectivity index (χ0n) is 17.9. The molecule has 0 radical (unpaired) electrons. The lowest BCUT2D eigenvalue weighted by atomic mass is 10.1. The average Bonchev–Trinajstić information content (AvgIpc) is 3.43. The van der Waals surface area contributed by atoms with Crippen molar-refractivity contribution in [2.45, 2.75) is 51.7 Å². The monoisotopic (exact) mass is 436 g/mol. The van der Waals surface area contributed by atoms with Crippen molar-refractivity contribution in [1.82, 2.24) is 20.8 Å². The van der Waals surface area contributed by atoms with Crippen LogP contribution < -0.4 is 10.6 Å². The van der Waals surface area contributed by atoms with E-state index in [4.69, 9.17) is 9.26 Å². The van der Waals surface area contributed by atoms with Gasteiger partial charge in [-0.15, -0.1) is 0 Å². The highest BCUT2D eigenvalue weighted by molar-refractivity contribution is 6.05. The van der Waals surface area contributed by atoms with E-state index in [1.807, 2.05) is 30.3 Å². The molecule has 0 spiro atoms. The van der Waals surface area contributed by atoms with Crippen LogP contribution in [0.5, 0.6) is 0 Å². The fraction of sp³-hybridized carbons (Fsp3) is 0.348. The molecule has 1 fully saturated rings. The van der Waals surface area contributed by atoms with E-state index in [1.165, 1.54) is 6.92 Å². The first-order valence-corrected chi connectivity index (χ1v) is 10.6. The minimum Gasteiger partial charge on any atom is -0.449 e. The van der Waals surface area contributed by atoms with Crippen LogP contribution in [0.4, 0.5) is 4.79 Å². The SMILES string of the molecule is Cc1noc2nc(-c3ccccc3)cc(C(=O)OC(C)C(=O)NC(=O)NC3CCCC3)c12. The fourth-order valence-corrected chi connectivity index (χ4v) is 3.80. The molecule has 1 aromatic carbocycles. The number of ether oxygens (including phenoxy) is 1. The van der Waals surface area contributed by atoms with Gasteiger partial charge in [0, 0.05) is 11.6 Å². The first-order valence-electron chi connectivity index (χ1n) is 10.6. The highest BCUT2D eigenvalue weighted by Gasteiger charge is 2.26. The van der Waals surface area contributed by atoms with Crippen molar-refractivity contribution >= 4 is 29.0 Å². The van der Waals surface area contributed by atoms with Crippen LogP contribution in [-0.4, -0.2) is 40.2 Å². The standard InChI is InChI=1S/C23H24N4O5/c1-13-19-17(12-18(25-21(19)32-27-13)15-8-4-3-5-9-15)22(29)31-14(2)20(28)26-23(30)24-16-10-6-7-11-16/h3-5,8-9,12,14,16H,6-7,10-11H2,1-2H3,(H2,24,26,28,30). The third kappa shape index (κ3) is 4.61. The second-order valence-electron chi connectivity index (χ2n) is 7.86. The molecule has 0 bridgehead atoms. The molecule has 1 unspecified atom stereocenters. The van der Waals surface area contributed by atoms with Gasteiger partial charge < -0.3 is 14.6 Å². The summed E-state index contributed by atoms with van der Waals surface area (Å²) in [6.45, 7) is 3.10. The van der Waals surface area contributed by atoms with Gasteiger partial charge in [0.2, 0.25) is 0 Å². The Morgan fingerprint density at radius 3 is 2.59 bits per heavy atom. The third-order valence-corrected chi connectivity index (χ3v) is 5.49. The molecule has 2 heterocycles. The molecule has 9 nitrogen and oxygen atoms in total. The van der Waals surface area contributed by atoms with Gasteiger partial charge in [-0.05, 0) is 32.8 Å². The van der Waals surface area contributed by atoms with Crippen molar-refractivity contribution < 1.29 is 23.6 Å². The number of aryl methyl sites for hydroxylation is 1. The smallest absolute Gasteiger partial charge is 0.339 e. The van der Waals surface area contributed by atoms with Gasteiger partial charge in [-0.3, -0.25) is 10.1 Å². The molecule has 1 aliphatic rings. The number of esters is 1. The molecule has 0 aliphatic heterocycles. The first-order chi connectivity index (χ1) is 15.4. The Kier molecular flexibility index (Phi) is 6.16. The maximum Gasteiger partial charge on any atom is 0.339 e. The Morgan fingerprint density at radius 1 is 1.16 bits per heavy atom. The largest absolute Gasteiger partial charge is 0.449 e. The normalized spacial score (nSPS) is 14.8. The van der Waals surface area contributed by atoms with Crippen LogP contribution in [0.3, 0.4) is 0 Å². The minimum absolute atomic E-state index is 0.0683. The van der Waals surface area contributed by atoms with Crippen LogP contribution in [0, 0.1) is 6.92 Å². The molecule has 3 amide bonds. The number of nitrogens with zero attached hydrogens (tertiary/aromatic N) is 2. The van der Waals surface area contributed by atoms with Crippen LogP contribution in [0.15, 0.2) is 40.9 Å². The number of pyridine rings is 1. The molecule has 1 saturated carbocycles. The van der Waals surface area contributed by atoms with Gasteiger partial charge in [-0.1, -0.05) is 48.3 Å². The summed E-state index contributed by atoms with van der Waals surface area (Å²) < 4.78 is 10.6. The van der Waals surface area contributed by atoms with Crippen molar-refractivity contribution in [2.24, 2.45) is 0 Å². The Hall–Kier alpha value is -3.75. The Bertz CT molecular complexity index is 1150. The Morgan fingerprint density at radius 2 is 1.88 bits per heavy atom. The molecule has 3 aromatic rings. The van der Waals surface area contributed by atoms with Gasteiger partial charge in [0.25, 0.3) is 11.6 Å². The molecule has 2 aromatic heterocycles. The second kappa shape index (κ2) is 9.17. The maximum atomic E-state index is 13.0. The summed E-state index contributed by atoms with van der Waals surface area (Å²) in [4.78, 5) is 41.8. The van der Waals surface area contributed by atoms with Crippen LogP contribution >= 0.6 is 0 Å². The van der Waals surface area contributed by atoms with Gasteiger partial charge >= 0.3 is 12.0 Å². The van der Waals surface area contributed by atoms with Crippen LogP contribution in [0.2, 0.25) is 0 Å². The molecule has 166 valence electrons. The van der Waals surface area contributed by atoms with E-state index >= 15 is 0 Å². The number of urea groups is 1. The molecular formula is C23H24N4O5. The van der Waals surface area contributed by atoms with Crippen LogP contribution in [0.1, 0.15) is 48.7 Å². The van der Waals surface area contributed by atoms with Crippen LogP contribution in [-0.2, 0) is 9.53 Å². The van der Waals surface area contributed by atoms with E-state index in [0.29, 0.717) is 16.8 Å². The molecule has 4 rings (SSSR count). The van der Waals surface area contributed by atoms with Crippen molar-refractivity contribution in [3.8, 4) is 11.3 Å². The van der Waals surface area contributed by atoms with Gasteiger partial charge in [0.1, 0.15) is 0 Å². The van der Waals surface area contributed by atoms with Crippen molar-refractivity contribution in [1.29, 1.82) is 0 Å². The van der Waals surface area contributed by atoms with E-state index in [1.54, 1.807) is 13.0 Å². The highest BCUT2D eigenvalue weighted by atomic mass is 16.5. The van der Waals surface area contributed by atoms with Gasteiger partial charge in [0.15, 0.2) is 6.10 Å². The second-order valence-corrected chi connectivity index (χ2v) is 7.86. The molecule has 0 saturated heterocycles. The van der Waals surface area contributed by atoms with Gasteiger partial charge in [-0.25, -0.2) is 14.6 Å². The first kappa shape index (κ1) is 21.5. The Balaban J connectivity index is 1.50. The maximum absolute atomic E-state index is 13.0. The average molecular weight is 436 g/mol. The van der Waals surface area contributed by atoms with E-state index < -0.39 is 24.0 Å². The number of aromatic nitrogens is 2. The molecular weight excluding hydrogens is 412 g/mol. The van der Waals surface area contributed by atoms with E-state index in [9.17, 15) is 14.4 Å². The highest BCUT2D eigenvalue weighted by Crippen LogP contribution is 2.27. The van der Waals surface area contributed by atoms with E-state index in [0.717, 1.165) is 31.2 Å².